The molecule has 0 aromatic carbocycles. The molecule has 1 aliphatic heterocycles. The number of ether oxygens (including phenoxy) is 1. The average Bonchev–Trinajstić information content (AvgIpc) is 2.39. The molecule has 0 bridgehead atoms. The molecule has 2 heterocycles. The highest BCUT2D eigenvalue weighted by atomic mass is 16.5. The largest absolute Gasteiger partial charge is 0.480 e. The Bertz CT molecular complexity index is 345. The molecule has 1 fully saturated rings. The van der Waals surface area contributed by atoms with E-state index in [4.69, 9.17) is 4.74 Å². The Morgan fingerprint density at radius 3 is 2.62 bits per heavy atom. The summed E-state index contributed by atoms with van der Waals surface area (Å²) in [5.74, 6) is 1.58. The first-order chi connectivity index (χ1) is 7.83. The Balaban J connectivity index is 1.99. The lowest BCUT2D eigenvalue weighted by Gasteiger charge is -2.30. The van der Waals surface area contributed by atoms with E-state index in [-0.39, 0.29) is 5.92 Å². The number of carbonyl (C=O) groups is 1. The summed E-state index contributed by atoms with van der Waals surface area (Å²) in [6, 6.07) is 3.70. The molecule has 1 aromatic heterocycles. The van der Waals surface area contributed by atoms with Crippen molar-refractivity contribution in [3.63, 3.8) is 0 Å². The van der Waals surface area contributed by atoms with E-state index in [2.05, 4.69) is 15.1 Å². The van der Waals surface area contributed by atoms with Gasteiger partial charge in [0.1, 0.15) is 6.29 Å². The van der Waals surface area contributed by atoms with Gasteiger partial charge in [0.15, 0.2) is 5.82 Å². The van der Waals surface area contributed by atoms with Crippen molar-refractivity contribution in [2.75, 3.05) is 25.1 Å². The van der Waals surface area contributed by atoms with Crippen molar-refractivity contribution >= 4 is 12.1 Å². The highest BCUT2D eigenvalue weighted by molar-refractivity contribution is 5.54. The fourth-order valence-electron chi connectivity index (χ4n) is 1.86. The summed E-state index contributed by atoms with van der Waals surface area (Å²) in [5.41, 5.74) is 0. The molecule has 0 atom stereocenters. The third-order valence-corrected chi connectivity index (χ3v) is 2.89. The molecule has 0 unspecified atom stereocenters. The van der Waals surface area contributed by atoms with Crippen LogP contribution in [-0.4, -0.2) is 36.7 Å². The fraction of sp³-hybridized carbons (Fsp3) is 0.545. The van der Waals surface area contributed by atoms with Gasteiger partial charge in [-0.3, -0.25) is 0 Å². The lowest BCUT2D eigenvalue weighted by Crippen LogP contribution is -2.34. The van der Waals surface area contributed by atoms with Crippen LogP contribution in [0.2, 0.25) is 0 Å². The zero-order chi connectivity index (χ0) is 11.4. The predicted octanol–water partition coefficient (Wildman–Crippen LogP) is 0.900. The van der Waals surface area contributed by atoms with Crippen molar-refractivity contribution in [3.8, 4) is 5.88 Å². The Labute approximate surface area is 94.4 Å². The summed E-state index contributed by atoms with van der Waals surface area (Å²) in [6.45, 7) is 1.73. The summed E-state index contributed by atoms with van der Waals surface area (Å²) in [5, 5.41) is 8.01. The molecular formula is C11H15N3O2. The first-order valence-electron chi connectivity index (χ1n) is 5.41. The molecule has 5 nitrogen and oxygen atoms in total. The van der Waals surface area contributed by atoms with Gasteiger partial charge in [0, 0.05) is 25.1 Å². The van der Waals surface area contributed by atoms with Gasteiger partial charge in [-0.1, -0.05) is 0 Å². The molecule has 0 radical (unpaired) electrons. The van der Waals surface area contributed by atoms with Crippen LogP contribution in [-0.2, 0) is 4.79 Å². The summed E-state index contributed by atoms with van der Waals surface area (Å²) in [7, 11) is 1.57. The highest BCUT2D eigenvalue weighted by Crippen LogP contribution is 2.20. The number of aldehydes is 1. The predicted molar refractivity (Wildman–Crippen MR) is 59.6 cm³/mol. The lowest BCUT2D eigenvalue weighted by atomic mass is 9.99. The number of nitrogens with zero attached hydrogens (tertiary/aromatic N) is 3. The van der Waals surface area contributed by atoms with E-state index in [0.29, 0.717) is 5.88 Å². The Morgan fingerprint density at radius 1 is 1.38 bits per heavy atom. The molecule has 2 rings (SSSR count). The number of carbonyl (C=O) groups excluding carboxylic acids is 1. The van der Waals surface area contributed by atoms with Gasteiger partial charge in [-0.15, -0.1) is 10.2 Å². The molecule has 86 valence electrons. The maximum absolute atomic E-state index is 10.6. The maximum Gasteiger partial charge on any atom is 0.233 e. The molecule has 0 saturated carbocycles. The van der Waals surface area contributed by atoms with Gasteiger partial charge in [-0.2, -0.15) is 0 Å². The standard InChI is InChI=1S/C11H15N3O2/c1-16-11-3-2-10(12-13-11)14-6-4-9(8-15)5-7-14/h2-3,8-9H,4-7H2,1H3. The average molecular weight is 221 g/mol. The molecule has 0 aliphatic carbocycles. The van der Waals surface area contributed by atoms with Gasteiger partial charge in [-0.05, 0) is 18.9 Å². The fourth-order valence-corrected chi connectivity index (χ4v) is 1.86. The van der Waals surface area contributed by atoms with Crippen LogP contribution >= 0.6 is 0 Å². The number of aromatic nitrogens is 2. The van der Waals surface area contributed by atoms with Crippen molar-refractivity contribution < 1.29 is 9.53 Å². The second-order valence-corrected chi connectivity index (χ2v) is 3.89. The minimum absolute atomic E-state index is 0.211. The summed E-state index contributed by atoms with van der Waals surface area (Å²) in [4.78, 5) is 12.8. The molecule has 1 aromatic rings. The number of rotatable bonds is 3. The van der Waals surface area contributed by atoms with E-state index in [1.54, 1.807) is 13.2 Å². The van der Waals surface area contributed by atoms with E-state index in [0.717, 1.165) is 38.0 Å². The van der Waals surface area contributed by atoms with E-state index >= 15 is 0 Å². The molecule has 0 amide bonds. The molecule has 1 aliphatic rings. The first kappa shape index (κ1) is 10.9. The second kappa shape index (κ2) is 4.92. The Kier molecular flexibility index (Phi) is 3.34. The minimum atomic E-state index is 0.211. The third kappa shape index (κ3) is 2.29. The van der Waals surface area contributed by atoms with E-state index in [9.17, 15) is 4.79 Å². The molecule has 0 spiro atoms. The van der Waals surface area contributed by atoms with Crippen molar-refractivity contribution in [1.82, 2.24) is 10.2 Å². The van der Waals surface area contributed by atoms with E-state index < -0.39 is 0 Å². The number of hydrogen-bond acceptors (Lipinski definition) is 5. The maximum atomic E-state index is 10.6. The highest BCUT2D eigenvalue weighted by Gasteiger charge is 2.19. The summed E-state index contributed by atoms with van der Waals surface area (Å²) < 4.78 is 4.95. The van der Waals surface area contributed by atoms with Crippen molar-refractivity contribution in [2.45, 2.75) is 12.8 Å². The van der Waals surface area contributed by atoms with Crippen LogP contribution in [0.5, 0.6) is 5.88 Å². The van der Waals surface area contributed by atoms with Gasteiger partial charge < -0.3 is 14.4 Å². The first-order valence-corrected chi connectivity index (χ1v) is 5.41. The van der Waals surface area contributed by atoms with Gasteiger partial charge in [0.25, 0.3) is 0 Å². The van der Waals surface area contributed by atoms with Crippen LogP contribution in [0.15, 0.2) is 12.1 Å². The van der Waals surface area contributed by atoms with Crippen LogP contribution in [0, 0.1) is 5.92 Å². The second-order valence-electron chi connectivity index (χ2n) is 3.89. The zero-order valence-corrected chi connectivity index (χ0v) is 9.30. The Hall–Kier alpha value is -1.65. The zero-order valence-electron chi connectivity index (χ0n) is 9.30. The lowest BCUT2D eigenvalue weighted by molar-refractivity contribution is -0.111. The van der Waals surface area contributed by atoms with Crippen molar-refractivity contribution in [3.05, 3.63) is 12.1 Å². The summed E-state index contributed by atoms with van der Waals surface area (Å²) in [6.07, 6.45) is 2.85. The minimum Gasteiger partial charge on any atom is -0.480 e. The Morgan fingerprint density at radius 2 is 2.12 bits per heavy atom. The topological polar surface area (TPSA) is 55.3 Å². The SMILES string of the molecule is COc1ccc(N2CCC(C=O)CC2)nn1. The number of hydrogen-bond donors (Lipinski definition) is 0. The monoisotopic (exact) mass is 221 g/mol. The molecule has 1 saturated heterocycles. The smallest absolute Gasteiger partial charge is 0.233 e. The van der Waals surface area contributed by atoms with Crippen LogP contribution in [0.4, 0.5) is 5.82 Å². The van der Waals surface area contributed by atoms with Crippen LogP contribution < -0.4 is 9.64 Å². The normalized spacial score (nSPS) is 17.2. The molecule has 5 heteroatoms. The van der Waals surface area contributed by atoms with Crippen molar-refractivity contribution in [2.24, 2.45) is 5.92 Å². The molecule has 0 N–H and O–H groups in total. The van der Waals surface area contributed by atoms with Crippen LogP contribution in [0.3, 0.4) is 0 Å². The van der Waals surface area contributed by atoms with E-state index in [1.807, 2.05) is 6.07 Å². The van der Waals surface area contributed by atoms with Crippen molar-refractivity contribution in [1.29, 1.82) is 0 Å². The number of anilines is 1. The summed E-state index contributed by atoms with van der Waals surface area (Å²) >= 11 is 0. The van der Waals surface area contributed by atoms with Gasteiger partial charge in [-0.25, -0.2) is 0 Å². The molecule has 16 heavy (non-hydrogen) atoms. The molecular weight excluding hydrogens is 206 g/mol. The number of methoxy groups -OCH3 is 1. The third-order valence-electron chi connectivity index (χ3n) is 2.89. The van der Waals surface area contributed by atoms with E-state index in [1.165, 1.54) is 0 Å². The van der Waals surface area contributed by atoms with Gasteiger partial charge in [0.05, 0.1) is 7.11 Å². The van der Waals surface area contributed by atoms with Crippen LogP contribution in [0.1, 0.15) is 12.8 Å². The number of piperidine rings is 1. The quantitative estimate of drug-likeness (QED) is 0.710. The van der Waals surface area contributed by atoms with Crippen LogP contribution in [0.25, 0.3) is 0 Å². The van der Waals surface area contributed by atoms with Gasteiger partial charge >= 0.3 is 0 Å². The van der Waals surface area contributed by atoms with Gasteiger partial charge in [0.2, 0.25) is 5.88 Å².